The Hall–Kier alpha value is -3.21. The Morgan fingerprint density at radius 3 is 2.15 bits per heavy atom. The van der Waals surface area contributed by atoms with E-state index < -0.39 is 0 Å². The van der Waals surface area contributed by atoms with Gasteiger partial charge in [-0.1, -0.05) is 57.5 Å². The Morgan fingerprint density at radius 1 is 0.818 bits per heavy atom. The minimum atomic E-state index is -0.130. The highest BCUT2D eigenvalue weighted by atomic mass is 16.1. The SMILES string of the molecule is Cc1ccc(-c2cc3n(n2)c2c(c4cc5c(n43)CC(C)(C)CC5=O)C(=O)CC(C)(C)C2)cc1. The number of carbonyl (C=O) groups excluding carboxylic acids is 2. The van der Waals surface area contributed by atoms with Crippen LogP contribution in [0.1, 0.15) is 78.2 Å². The van der Waals surface area contributed by atoms with E-state index in [-0.39, 0.29) is 22.4 Å². The lowest BCUT2D eigenvalue weighted by Crippen LogP contribution is -2.30. The first-order valence-corrected chi connectivity index (χ1v) is 11.8. The Labute approximate surface area is 193 Å². The molecular weight excluding hydrogens is 410 g/mol. The maximum Gasteiger partial charge on any atom is 0.167 e. The fourth-order valence-corrected chi connectivity index (χ4v) is 5.81. The zero-order valence-electron chi connectivity index (χ0n) is 20.0. The van der Waals surface area contributed by atoms with Crippen LogP contribution < -0.4 is 0 Å². The van der Waals surface area contributed by atoms with Crippen molar-refractivity contribution in [2.75, 3.05) is 0 Å². The van der Waals surface area contributed by atoms with Crippen LogP contribution >= 0.6 is 0 Å². The van der Waals surface area contributed by atoms with Crippen LogP contribution in [0.2, 0.25) is 0 Å². The normalized spacial score (nSPS) is 19.2. The summed E-state index contributed by atoms with van der Waals surface area (Å²) in [7, 11) is 0. The van der Waals surface area contributed by atoms with Crippen molar-refractivity contribution in [3.05, 3.63) is 64.5 Å². The second kappa shape index (κ2) is 6.43. The Morgan fingerprint density at radius 2 is 1.45 bits per heavy atom. The van der Waals surface area contributed by atoms with Gasteiger partial charge in [-0.3, -0.25) is 14.0 Å². The zero-order valence-corrected chi connectivity index (χ0v) is 20.0. The van der Waals surface area contributed by atoms with E-state index in [1.54, 1.807) is 0 Å². The van der Waals surface area contributed by atoms with Crippen molar-refractivity contribution < 1.29 is 9.59 Å². The van der Waals surface area contributed by atoms with Crippen LogP contribution in [0.4, 0.5) is 0 Å². The molecular formula is C28H29N3O2. The quantitative estimate of drug-likeness (QED) is 0.373. The molecule has 0 bridgehead atoms. The third-order valence-corrected chi connectivity index (χ3v) is 7.32. The Kier molecular flexibility index (Phi) is 3.98. The summed E-state index contributed by atoms with van der Waals surface area (Å²) < 4.78 is 4.12. The number of nitrogens with zero attached hydrogens (tertiary/aromatic N) is 3. The van der Waals surface area contributed by atoms with Gasteiger partial charge < -0.3 is 0 Å². The number of benzene rings is 1. The van der Waals surface area contributed by atoms with E-state index >= 15 is 0 Å². The standard InChI is InChI=1S/C28H29N3O2/c1-16-6-8-17(9-7-16)19-11-25-30-20(10-18-21(30)12-27(2,3)14-23(18)32)26-22(31(25)29-19)13-28(4,5)15-24(26)33/h6-11H,12-15H2,1-5H3. The molecule has 0 spiro atoms. The molecule has 5 nitrogen and oxygen atoms in total. The van der Waals surface area contributed by atoms with Crippen LogP contribution in [0.3, 0.4) is 0 Å². The number of carbonyl (C=O) groups is 2. The van der Waals surface area contributed by atoms with E-state index in [2.05, 4.69) is 69.4 Å². The first-order valence-electron chi connectivity index (χ1n) is 11.8. The van der Waals surface area contributed by atoms with Crippen molar-refractivity contribution in [3.8, 4) is 11.3 Å². The van der Waals surface area contributed by atoms with Crippen molar-refractivity contribution in [2.24, 2.45) is 10.8 Å². The van der Waals surface area contributed by atoms with E-state index in [1.165, 1.54) is 5.56 Å². The number of Topliss-reactive ketones (excluding diaryl/α,β-unsaturated/α-hetero) is 2. The monoisotopic (exact) mass is 439 g/mol. The van der Waals surface area contributed by atoms with Crippen LogP contribution in [0.25, 0.3) is 22.4 Å². The lowest BCUT2D eigenvalue weighted by Gasteiger charge is -2.31. The molecule has 0 fully saturated rings. The smallest absolute Gasteiger partial charge is 0.167 e. The van der Waals surface area contributed by atoms with Gasteiger partial charge in [0, 0.05) is 35.7 Å². The molecule has 5 heteroatoms. The third-order valence-electron chi connectivity index (χ3n) is 7.32. The highest BCUT2D eigenvalue weighted by molar-refractivity contribution is 6.08. The molecule has 0 saturated heterocycles. The van der Waals surface area contributed by atoms with Crippen LogP contribution in [0.15, 0.2) is 36.4 Å². The zero-order chi connectivity index (χ0) is 23.3. The molecule has 2 aliphatic carbocycles. The fourth-order valence-electron chi connectivity index (χ4n) is 5.81. The number of aromatic nitrogens is 3. The molecule has 3 aromatic heterocycles. The Bertz CT molecular complexity index is 1500. The number of ketones is 2. The van der Waals surface area contributed by atoms with Gasteiger partial charge in [-0.05, 0) is 36.7 Å². The Balaban J connectivity index is 1.74. The lowest BCUT2D eigenvalue weighted by atomic mass is 9.75. The molecule has 0 unspecified atom stereocenters. The van der Waals surface area contributed by atoms with Crippen LogP contribution in [0.5, 0.6) is 0 Å². The van der Waals surface area contributed by atoms with Gasteiger partial charge in [-0.15, -0.1) is 0 Å². The molecule has 168 valence electrons. The molecule has 6 rings (SSSR count). The second-order valence-electron chi connectivity index (χ2n) is 11.6. The molecule has 0 atom stereocenters. The van der Waals surface area contributed by atoms with Crippen molar-refractivity contribution in [1.29, 1.82) is 0 Å². The average Bonchev–Trinajstić information content (AvgIpc) is 3.29. The van der Waals surface area contributed by atoms with Crippen molar-refractivity contribution in [3.63, 3.8) is 0 Å². The van der Waals surface area contributed by atoms with Crippen molar-refractivity contribution in [2.45, 2.75) is 60.3 Å². The average molecular weight is 440 g/mol. The molecule has 3 heterocycles. The van der Waals surface area contributed by atoms with Gasteiger partial charge in [-0.2, -0.15) is 5.10 Å². The van der Waals surface area contributed by atoms with Crippen LogP contribution in [-0.4, -0.2) is 25.6 Å². The third kappa shape index (κ3) is 3.01. The summed E-state index contributed by atoms with van der Waals surface area (Å²) in [5, 5.41) is 5.02. The highest BCUT2D eigenvalue weighted by Gasteiger charge is 2.39. The van der Waals surface area contributed by atoms with Crippen molar-refractivity contribution >= 4 is 22.7 Å². The minimum Gasteiger partial charge on any atom is -0.297 e. The maximum atomic E-state index is 13.5. The first kappa shape index (κ1) is 20.4. The summed E-state index contributed by atoms with van der Waals surface area (Å²) in [5.74, 6) is 0.306. The summed E-state index contributed by atoms with van der Waals surface area (Å²) in [6.07, 6.45) is 2.60. The second-order valence-corrected chi connectivity index (χ2v) is 11.6. The summed E-state index contributed by atoms with van der Waals surface area (Å²) in [5.41, 5.74) is 8.14. The number of rotatable bonds is 1. The van der Waals surface area contributed by atoms with Crippen LogP contribution in [-0.2, 0) is 12.8 Å². The number of hydrogen-bond acceptors (Lipinski definition) is 3. The molecule has 0 saturated carbocycles. The molecule has 2 aliphatic rings. The van der Waals surface area contributed by atoms with Gasteiger partial charge >= 0.3 is 0 Å². The lowest BCUT2D eigenvalue weighted by molar-refractivity contribution is 0.0902. The van der Waals surface area contributed by atoms with E-state index in [4.69, 9.17) is 5.10 Å². The van der Waals surface area contributed by atoms with Gasteiger partial charge in [0.25, 0.3) is 0 Å². The summed E-state index contributed by atoms with van der Waals surface area (Å²) >= 11 is 0. The van der Waals surface area contributed by atoms with E-state index in [1.807, 2.05) is 10.6 Å². The topological polar surface area (TPSA) is 55.9 Å². The van der Waals surface area contributed by atoms with Gasteiger partial charge in [-0.25, -0.2) is 4.52 Å². The molecule has 0 N–H and O–H groups in total. The fraction of sp³-hybridized carbons (Fsp3) is 0.393. The molecule has 1 aromatic carbocycles. The molecule has 4 aromatic rings. The van der Waals surface area contributed by atoms with E-state index in [0.717, 1.165) is 57.8 Å². The molecule has 33 heavy (non-hydrogen) atoms. The number of fused-ring (bicyclic) bond motifs is 8. The van der Waals surface area contributed by atoms with E-state index in [0.29, 0.717) is 12.8 Å². The molecule has 0 aliphatic heterocycles. The summed E-state index contributed by atoms with van der Waals surface area (Å²) in [6.45, 7) is 10.6. The van der Waals surface area contributed by atoms with Gasteiger partial charge in [0.05, 0.1) is 22.5 Å². The predicted octanol–water partition coefficient (Wildman–Crippen LogP) is 5.87. The van der Waals surface area contributed by atoms with Gasteiger partial charge in [0.1, 0.15) is 5.65 Å². The molecule has 0 radical (unpaired) electrons. The maximum absolute atomic E-state index is 13.5. The van der Waals surface area contributed by atoms with Crippen molar-refractivity contribution in [1.82, 2.24) is 14.0 Å². The van der Waals surface area contributed by atoms with Gasteiger partial charge in [0.15, 0.2) is 11.6 Å². The summed E-state index contributed by atoms with van der Waals surface area (Å²) in [4.78, 5) is 26.6. The van der Waals surface area contributed by atoms with E-state index in [9.17, 15) is 9.59 Å². The largest absolute Gasteiger partial charge is 0.297 e. The van der Waals surface area contributed by atoms with Gasteiger partial charge in [0.2, 0.25) is 0 Å². The first-order chi connectivity index (χ1) is 15.5. The molecule has 0 amide bonds. The van der Waals surface area contributed by atoms with Crippen LogP contribution in [0, 0.1) is 17.8 Å². The summed E-state index contributed by atoms with van der Waals surface area (Å²) in [6, 6.07) is 12.4. The highest BCUT2D eigenvalue weighted by Crippen LogP contribution is 2.42. The minimum absolute atomic E-state index is 0.114. The number of hydrogen-bond donors (Lipinski definition) is 0. The predicted molar refractivity (Wildman–Crippen MR) is 129 cm³/mol. The number of aryl methyl sites for hydroxylation is 1.